The molecule has 64 valence electrons. The molecule has 1 saturated heterocycles. The first-order chi connectivity index (χ1) is 5.15. The summed E-state index contributed by atoms with van der Waals surface area (Å²) in [5.74, 6) is -0.156. The fourth-order valence-electron chi connectivity index (χ4n) is 1.31. The van der Waals surface area contributed by atoms with Crippen molar-refractivity contribution in [3.05, 3.63) is 0 Å². The molecule has 0 aromatic heterocycles. The van der Waals surface area contributed by atoms with Crippen LogP contribution in [0.1, 0.15) is 13.3 Å². The zero-order chi connectivity index (χ0) is 8.43. The predicted molar refractivity (Wildman–Crippen MR) is 39.4 cm³/mol. The van der Waals surface area contributed by atoms with Crippen LogP contribution >= 0.6 is 0 Å². The number of nitrogens with two attached hydrogens (primary N) is 1. The van der Waals surface area contributed by atoms with Crippen LogP contribution < -0.4 is 5.73 Å². The highest BCUT2D eigenvalue weighted by atomic mass is 19.1. The maximum atomic E-state index is 12.1. The van der Waals surface area contributed by atoms with Crippen LogP contribution in [0.15, 0.2) is 0 Å². The van der Waals surface area contributed by atoms with Gasteiger partial charge in [-0.25, -0.2) is 0 Å². The number of carbonyl (C=O) groups excluding carboxylic acids is 1. The zero-order valence-electron chi connectivity index (χ0n) is 6.59. The first kappa shape index (κ1) is 8.46. The number of likely N-dealkylation sites (tertiary alicyclic amines) is 1. The first-order valence-corrected chi connectivity index (χ1v) is 3.76. The molecule has 1 amide bonds. The normalized spacial score (nSPS) is 27.7. The van der Waals surface area contributed by atoms with Crippen molar-refractivity contribution >= 4 is 5.91 Å². The average molecular weight is 160 g/mol. The Labute approximate surface area is 65.3 Å². The lowest BCUT2D eigenvalue weighted by Crippen LogP contribution is -2.40. The maximum absolute atomic E-state index is 12.1. The van der Waals surface area contributed by atoms with Gasteiger partial charge in [0.05, 0.1) is 12.8 Å². The summed E-state index contributed by atoms with van der Waals surface area (Å²) in [4.78, 5) is 12.6. The van der Waals surface area contributed by atoms with Crippen LogP contribution in [-0.2, 0) is 4.79 Å². The summed E-state index contributed by atoms with van der Waals surface area (Å²) in [5, 5.41) is 0. The highest BCUT2D eigenvalue weighted by molar-refractivity contribution is 5.78. The number of nitrogens with zero attached hydrogens (tertiary/aromatic N) is 1. The number of hydrogen-bond acceptors (Lipinski definition) is 2. The Kier molecular flexibility index (Phi) is 2.44. The van der Waals surface area contributed by atoms with Crippen molar-refractivity contribution in [2.75, 3.05) is 13.2 Å². The maximum Gasteiger partial charge on any atom is 0.224 e. The second-order valence-corrected chi connectivity index (χ2v) is 3.01. The van der Waals surface area contributed by atoms with Crippen molar-refractivity contribution in [2.45, 2.75) is 19.5 Å². The van der Waals surface area contributed by atoms with E-state index in [1.807, 2.05) is 0 Å². The van der Waals surface area contributed by atoms with Gasteiger partial charge in [0, 0.05) is 18.9 Å². The molecule has 1 fully saturated rings. The minimum atomic E-state index is -0.422. The Balaban J connectivity index is 2.52. The van der Waals surface area contributed by atoms with Crippen molar-refractivity contribution in [2.24, 2.45) is 11.7 Å². The van der Waals surface area contributed by atoms with Gasteiger partial charge in [-0.15, -0.1) is 0 Å². The topological polar surface area (TPSA) is 46.3 Å². The van der Waals surface area contributed by atoms with Crippen LogP contribution in [0.4, 0.5) is 4.39 Å². The Morgan fingerprint density at radius 1 is 1.91 bits per heavy atom. The Bertz CT molecular complexity index is 161. The van der Waals surface area contributed by atoms with Crippen LogP contribution in [0.2, 0.25) is 0 Å². The van der Waals surface area contributed by atoms with E-state index in [-0.39, 0.29) is 18.0 Å². The third-order valence-corrected chi connectivity index (χ3v) is 1.95. The van der Waals surface area contributed by atoms with Gasteiger partial charge in [-0.3, -0.25) is 9.18 Å². The number of carbonyl (C=O) groups is 1. The van der Waals surface area contributed by atoms with Crippen molar-refractivity contribution in [1.29, 1.82) is 0 Å². The van der Waals surface area contributed by atoms with Crippen LogP contribution in [0.3, 0.4) is 0 Å². The predicted octanol–water partition coefficient (Wildman–Crippen LogP) is 0.109. The van der Waals surface area contributed by atoms with E-state index in [4.69, 9.17) is 5.73 Å². The fraction of sp³-hybridized carbons (Fsp3) is 0.857. The highest BCUT2D eigenvalue weighted by Crippen LogP contribution is 2.18. The number of hydrogen-bond donors (Lipinski definition) is 1. The van der Waals surface area contributed by atoms with Gasteiger partial charge in [-0.1, -0.05) is 0 Å². The highest BCUT2D eigenvalue weighted by Gasteiger charge is 2.30. The summed E-state index contributed by atoms with van der Waals surface area (Å²) >= 11 is 0. The molecule has 1 aliphatic heterocycles. The number of amides is 1. The molecule has 0 bridgehead atoms. The molecule has 1 rings (SSSR count). The van der Waals surface area contributed by atoms with Crippen molar-refractivity contribution in [3.8, 4) is 0 Å². The van der Waals surface area contributed by atoms with E-state index < -0.39 is 6.67 Å². The third-order valence-electron chi connectivity index (χ3n) is 1.95. The van der Waals surface area contributed by atoms with Gasteiger partial charge in [0.1, 0.15) is 0 Å². The monoisotopic (exact) mass is 160 g/mol. The SMILES string of the molecule is C[C@H](N)N1C[C@H](CF)CC1=O. The van der Waals surface area contributed by atoms with E-state index >= 15 is 0 Å². The molecule has 0 unspecified atom stereocenters. The minimum absolute atomic E-state index is 0.0253. The molecule has 1 heterocycles. The largest absolute Gasteiger partial charge is 0.327 e. The molecule has 0 saturated carbocycles. The molecule has 0 aromatic rings. The van der Waals surface area contributed by atoms with Crippen LogP contribution in [0, 0.1) is 5.92 Å². The summed E-state index contributed by atoms with van der Waals surface area (Å²) in [5.41, 5.74) is 5.49. The fourth-order valence-corrected chi connectivity index (χ4v) is 1.31. The average Bonchev–Trinajstić information content (AvgIpc) is 2.30. The molecule has 0 aliphatic carbocycles. The molecule has 0 spiro atoms. The van der Waals surface area contributed by atoms with E-state index in [0.717, 1.165) is 0 Å². The van der Waals surface area contributed by atoms with Crippen molar-refractivity contribution in [3.63, 3.8) is 0 Å². The van der Waals surface area contributed by atoms with Crippen LogP contribution in [0.25, 0.3) is 0 Å². The van der Waals surface area contributed by atoms with E-state index in [1.54, 1.807) is 6.92 Å². The summed E-state index contributed by atoms with van der Waals surface area (Å²) in [6, 6.07) is 0. The molecular formula is C7H13FN2O. The Morgan fingerprint density at radius 2 is 2.55 bits per heavy atom. The van der Waals surface area contributed by atoms with Crippen LogP contribution in [0.5, 0.6) is 0 Å². The standard InChI is InChI=1S/C7H13FN2O/c1-5(9)10-4-6(3-8)2-7(10)11/h5-6H,2-4,9H2,1H3/t5-,6+/m1/s1. The van der Waals surface area contributed by atoms with Gasteiger partial charge in [0.15, 0.2) is 0 Å². The lowest BCUT2D eigenvalue weighted by molar-refractivity contribution is -0.129. The van der Waals surface area contributed by atoms with Gasteiger partial charge in [-0.2, -0.15) is 0 Å². The molecule has 4 heteroatoms. The molecular weight excluding hydrogens is 147 g/mol. The zero-order valence-corrected chi connectivity index (χ0v) is 6.59. The summed E-state index contributed by atoms with van der Waals surface area (Å²) in [6.45, 7) is 1.79. The number of rotatable bonds is 2. The molecule has 0 aromatic carbocycles. The smallest absolute Gasteiger partial charge is 0.224 e. The van der Waals surface area contributed by atoms with Crippen molar-refractivity contribution in [1.82, 2.24) is 4.90 Å². The molecule has 3 nitrogen and oxygen atoms in total. The summed E-state index contributed by atoms with van der Waals surface area (Å²) in [7, 11) is 0. The van der Waals surface area contributed by atoms with Gasteiger partial charge in [0.25, 0.3) is 0 Å². The van der Waals surface area contributed by atoms with Gasteiger partial charge >= 0.3 is 0 Å². The lowest BCUT2D eigenvalue weighted by Gasteiger charge is -2.20. The first-order valence-electron chi connectivity index (χ1n) is 3.76. The third kappa shape index (κ3) is 1.68. The second kappa shape index (κ2) is 3.17. The van der Waals surface area contributed by atoms with Crippen LogP contribution in [-0.4, -0.2) is 30.2 Å². The van der Waals surface area contributed by atoms with E-state index in [1.165, 1.54) is 4.90 Å². The number of halogens is 1. The van der Waals surface area contributed by atoms with Gasteiger partial charge in [-0.05, 0) is 6.92 Å². The number of alkyl halides is 1. The van der Waals surface area contributed by atoms with E-state index in [0.29, 0.717) is 13.0 Å². The van der Waals surface area contributed by atoms with Gasteiger partial charge < -0.3 is 10.6 Å². The molecule has 1 aliphatic rings. The molecule has 0 radical (unpaired) electrons. The van der Waals surface area contributed by atoms with Crippen molar-refractivity contribution < 1.29 is 9.18 Å². The van der Waals surface area contributed by atoms with E-state index in [2.05, 4.69) is 0 Å². The quantitative estimate of drug-likeness (QED) is 0.623. The second-order valence-electron chi connectivity index (χ2n) is 3.01. The lowest BCUT2D eigenvalue weighted by atomic mass is 10.1. The molecule has 2 N–H and O–H groups in total. The molecule has 11 heavy (non-hydrogen) atoms. The Hall–Kier alpha value is -0.640. The minimum Gasteiger partial charge on any atom is -0.327 e. The Morgan fingerprint density at radius 3 is 2.82 bits per heavy atom. The molecule has 2 atom stereocenters. The summed E-state index contributed by atoms with van der Waals surface area (Å²) in [6.07, 6.45) is 0.0388. The van der Waals surface area contributed by atoms with Gasteiger partial charge in [0.2, 0.25) is 5.91 Å². The van der Waals surface area contributed by atoms with E-state index in [9.17, 15) is 9.18 Å². The summed E-state index contributed by atoms with van der Waals surface area (Å²) < 4.78 is 12.1.